The molecule has 1 aromatic rings. The molecule has 2 atom stereocenters. The van der Waals surface area contributed by atoms with Crippen LogP contribution in [0.3, 0.4) is 0 Å². The van der Waals surface area contributed by atoms with E-state index in [1.54, 1.807) is 18.2 Å². The summed E-state index contributed by atoms with van der Waals surface area (Å²) in [5, 5.41) is 4.95. The smallest absolute Gasteiger partial charge is 0.145 e. The number of hydrogen-bond acceptors (Lipinski definition) is 3. The van der Waals surface area contributed by atoms with Crippen molar-refractivity contribution in [3.8, 4) is 0 Å². The lowest BCUT2D eigenvalue weighted by atomic mass is 9.88. The van der Waals surface area contributed by atoms with Crippen LogP contribution in [0, 0.1) is 11.8 Å². The number of carbonyl (C=O) groups excluding carboxylic acids is 1. The predicted molar refractivity (Wildman–Crippen MR) is 72.3 cm³/mol. The maximum atomic E-state index is 11.3. The van der Waals surface area contributed by atoms with Gasteiger partial charge in [0.2, 0.25) is 0 Å². The molecule has 2 rings (SSSR count). The van der Waals surface area contributed by atoms with Gasteiger partial charge in [0, 0.05) is 5.56 Å². The van der Waals surface area contributed by atoms with E-state index in [0.29, 0.717) is 21.3 Å². The molecular weight excluding hydrogens is 273 g/mol. The molecule has 1 aliphatic rings. The van der Waals surface area contributed by atoms with Gasteiger partial charge in [0.05, 0.1) is 10.0 Å². The van der Waals surface area contributed by atoms with Gasteiger partial charge in [-0.2, -0.15) is 0 Å². The van der Waals surface area contributed by atoms with Crippen LogP contribution in [0.15, 0.2) is 23.4 Å². The van der Waals surface area contributed by atoms with Crippen molar-refractivity contribution < 1.29 is 9.63 Å². The van der Waals surface area contributed by atoms with Crippen LogP contribution in [0.25, 0.3) is 0 Å². The molecule has 96 valence electrons. The normalized spacial score (nSPS) is 22.8. The molecule has 0 aromatic heterocycles. The van der Waals surface area contributed by atoms with Gasteiger partial charge in [-0.3, -0.25) is 0 Å². The maximum absolute atomic E-state index is 11.3. The van der Waals surface area contributed by atoms with Crippen LogP contribution in [0.4, 0.5) is 0 Å². The van der Waals surface area contributed by atoms with Gasteiger partial charge in [-0.1, -0.05) is 48.3 Å². The minimum atomic E-state index is -0.428. The van der Waals surface area contributed by atoms with E-state index in [0.717, 1.165) is 6.29 Å². The van der Waals surface area contributed by atoms with Gasteiger partial charge in [-0.25, -0.2) is 0 Å². The van der Waals surface area contributed by atoms with E-state index < -0.39 is 5.92 Å². The third kappa shape index (κ3) is 2.25. The fourth-order valence-corrected chi connectivity index (χ4v) is 2.62. The Labute approximate surface area is 116 Å². The number of hydrogen-bond donors (Lipinski definition) is 0. The largest absolute Gasteiger partial charge is 0.391 e. The molecule has 0 N–H and O–H groups in total. The summed E-state index contributed by atoms with van der Waals surface area (Å²) in [5.41, 5.74) is 1.10. The van der Waals surface area contributed by atoms with Gasteiger partial charge in [-0.05, 0) is 18.1 Å². The molecule has 0 spiro atoms. The number of rotatable bonds is 3. The fourth-order valence-electron chi connectivity index (χ4n) is 2.03. The first-order valence-electron chi connectivity index (χ1n) is 5.69. The minimum absolute atomic E-state index is 0.183. The van der Waals surface area contributed by atoms with Crippen molar-refractivity contribution in [1.29, 1.82) is 0 Å². The molecule has 18 heavy (non-hydrogen) atoms. The van der Waals surface area contributed by atoms with Crippen LogP contribution in [-0.4, -0.2) is 18.1 Å². The highest BCUT2D eigenvalue weighted by atomic mass is 35.5. The van der Waals surface area contributed by atoms with Crippen molar-refractivity contribution in [2.45, 2.75) is 20.0 Å². The van der Waals surface area contributed by atoms with Crippen molar-refractivity contribution in [3.63, 3.8) is 0 Å². The average molecular weight is 286 g/mol. The average Bonchev–Trinajstić information content (AvgIpc) is 2.72. The number of benzene rings is 1. The van der Waals surface area contributed by atoms with Gasteiger partial charge in [0.15, 0.2) is 0 Å². The fraction of sp³-hybridized carbons (Fsp3) is 0.385. The lowest BCUT2D eigenvalue weighted by Crippen LogP contribution is -2.29. The summed E-state index contributed by atoms with van der Waals surface area (Å²) in [6.07, 6.45) is 0.584. The molecule has 0 bridgehead atoms. The van der Waals surface area contributed by atoms with Crippen LogP contribution >= 0.6 is 23.2 Å². The molecule has 1 heterocycles. The van der Waals surface area contributed by atoms with Crippen molar-refractivity contribution in [1.82, 2.24) is 0 Å². The van der Waals surface area contributed by atoms with Crippen LogP contribution in [0.2, 0.25) is 10.0 Å². The number of oxime groups is 1. The SMILES string of the molecule is CC(C)C1ON=C(c2c(Cl)cccc2Cl)C1C=O. The first-order chi connectivity index (χ1) is 8.56. The number of carbonyl (C=O) groups is 1. The quantitative estimate of drug-likeness (QED) is 0.797. The van der Waals surface area contributed by atoms with E-state index in [1.165, 1.54) is 0 Å². The highest BCUT2D eigenvalue weighted by Crippen LogP contribution is 2.33. The van der Waals surface area contributed by atoms with Gasteiger partial charge in [0.1, 0.15) is 24.0 Å². The Morgan fingerprint density at radius 3 is 2.44 bits per heavy atom. The maximum Gasteiger partial charge on any atom is 0.145 e. The molecule has 0 aliphatic carbocycles. The Morgan fingerprint density at radius 1 is 1.33 bits per heavy atom. The van der Waals surface area contributed by atoms with E-state index in [1.807, 2.05) is 13.8 Å². The summed E-state index contributed by atoms with van der Waals surface area (Å²) in [5.74, 6) is -0.245. The lowest BCUT2D eigenvalue weighted by molar-refractivity contribution is -0.112. The summed E-state index contributed by atoms with van der Waals surface area (Å²) in [6, 6.07) is 5.19. The third-order valence-electron chi connectivity index (χ3n) is 2.97. The zero-order valence-corrected chi connectivity index (χ0v) is 11.6. The molecule has 5 heteroatoms. The zero-order valence-electron chi connectivity index (χ0n) is 10.1. The van der Waals surface area contributed by atoms with Crippen molar-refractivity contribution in [2.24, 2.45) is 17.0 Å². The molecule has 3 nitrogen and oxygen atoms in total. The first kappa shape index (κ1) is 13.4. The highest BCUT2D eigenvalue weighted by Gasteiger charge is 2.38. The van der Waals surface area contributed by atoms with Crippen LogP contribution in [0.1, 0.15) is 19.4 Å². The van der Waals surface area contributed by atoms with E-state index in [9.17, 15) is 4.79 Å². The Balaban J connectivity index is 2.43. The highest BCUT2D eigenvalue weighted by molar-refractivity contribution is 6.40. The summed E-state index contributed by atoms with van der Waals surface area (Å²) in [7, 11) is 0. The van der Waals surface area contributed by atoms with Crippen molar-refractivity contribution in [2.75, 3.05) is 0 Å². The Kier molecular flexibility index (Phi) is 3.93. The molecule has 0 amide bonds. The van der Waals surface area contributed by atoms with Gasteiger partial charge in [-0.15, -0.1) is 0 Å². The van der Waals surface area contributed by atoms with Crippen molar-refractivity contribution in [3.05, 3.63) is 33.8 Å². The molecule has 0 fully saturated rings. The summed E-state index contributed by atoms with van der Waals surface area (Å²) < 4.78 is 0. The molecule has 1 aromatic carbocycles. The molecule has 2 unspecified atom stereocenters. The molecule has 0 saturated carbocycles. The minimum Gasteiger partial charge on any atom is -0.391 e. The molecule has 0 saturated heterocycles. The van der Waals surface area contributed by atoms with Crippen LogP contribution in [0.5, 0.6) is 0 Å². The monoisotopic (exact) mass is 285 g/mol. The summed E-state index contributed by atoms with van der Waals surface area (Å²) in [6.45, 7) is 3.96. The third-order valence-corrected chi connectivity index (χ3v) is 3.59. The second kappa shape index (κ2) is 5.29. The van der Waals surface area contributed by atoms with Crippen LogP contribution < -0.4 is 0 Å². The summed E-state index contributed by atoms with van der Waals surface area (Å²) in [4.78, 5) is 16.6. The number of halogens is 2. The topological polar surface area (TPSA) is 38.7 Å². The van der Waals surface area contributed by atoms with E-state index in [-0.39, 0.29) is 12.0 Å². The predicted octanol–water partition coefficient (Wildman–Crippen LogP) is 3.57. The zero-order chi connectivity index (χ0) is 13.3. The van der Waals surface area contributed by atoms with Gasteiger partial charge < -0.3 is 9.63 Å². The van der Waals surface area contributed by atoms with Crippen molar-refractivity contribution >= 4 is 35.2 Å². The second-order valence-corrected chi connectivity index (χ2v) is 5.36. The van der Waals surface area contributed by atoms with E-state index >= 15 is 0 Å². The Hall–Kier alpha value is -1.06. The second-order valence-electron chi connectivity index (χ2n) is 4.55. The molecule has 0 radical (unpaired) electrons. The standard InChI is InChI=1S/C13H13Cl2NO2/c1-7(2)13-8(6-17)12(16-18-13)11-9(14)4-3-5-10(11)15/h3-8,13H,1-2H3. The Bertz CT molecular complexity index is 480. The summed E-state index contributed by atoms with van der Waals surface area (Å²) >= 11 is 12.2. The molecule has 1 aliphatic heterocycles. The van der Waals surface area contributed by atoms with Crippen LogP contribution in [-0.2, 0) is 9.63 Å². The van der Waals surface area contributed by atoms with Gasteiger partial charge in [0.25, 0.3) is 0 Å². The molecular formula is C13H13Cl2NO2. The number of aldehydes is 1. The lowest BCUT2D eigenvalue weighted by Gasteiger charge is -2.17. The Morgan fingerprint density at radius 2 is 1.94 bits per heavy atom. The first-order valence-corrected chi connectivity index (χ1v) is 6.45. The van der Waals surface area contributed by atoms with E-state index in [2.05, 4.69) is 5.16 Å². The van der Waals surface area contributed by atoms with E-state index in [4.69, 9.17) is 28.0 Å². The van der Waals surface area contributed by atoms with Gasteiger partial charge >= 0.3 is 0 Å². The number of nitrogens with zero attached hydrogens (tertiary/aromatic N) is 1.